The Morgan fingerprint density at radius 1 is 1.38 bits per heavy atom. The molecule has 2 atom stereocenters. The lowest BCUT2D eigenvalue weighted by atomic mass is 9.85. The van der Waals surface area contributed by atoms with Gasteiger partial charge >= 0.3 is 0 Å². The number of rotatable bonds is 5. The Balaban J connectivity index is 2.20. The lowest BCUT2D eigenvalue weighted by Gasteiger charge is -2.30. The summed E-state index contributed by atoms with van der Waals surface area (Å²) in [5.74, 6) is 1.89. The van der Waals surface area contributed by atoms with Crippen molar-refractivity contribution in [1.82, 2.24) is 10.6 Å². The Kier molecular flexibility index (Phi) is 5.44. The third-order valence-corrected chi connectivity index (χ3v) is 3.94. The number of methoxy groups -OCH3 is 2. The number of amides is 1. The topological polar surface area (TPSA) is 59.6 Å². The number of benzene rings is 1. The summed E-state index contributed by atoms with van der Waals surface area (Å²) in [7, 11) is 3.30. The number of hydrogen-bond donors (Lipinski definition) is 2. The van der Waals surface area contributed by atoms with Gasteiger partial charge in [-0.1, -0.05) is 12.1 Å². The van der Waals surface area contributed by atoms with Gasteiger partial charge in [0.2, 0.25) is 5.91 Å². The van der Waals surface area contributed by atoms with Crippen molar-refractivity contribution in [1.29, 1.82) is 0 Å². The van der Waals surface area contributed by atoms with Crippen LogP contribution in [0.2, 0.25) is 0 Å². The number of likely N-dealkylation sites (N-methyl/N-ethyl adjacent to an activating group) is 1. The maximum Gasteiger partial charge on any atom is 0.237 e. The van der Waals surface area contributed by atoms with Crippen LogP contribution >= 0.6 is 0 Å². The summed E-state index contributed by atoms with van der Waals surface area (Å²) >= 11 is 0. The minimum atomic E-state index is -0.139. The van der Waals surface area contributed by atoms with E-state index >= 15 is 0 Å². The standard InChI is InChI=1S/C16H24N2O3/c1-4-17-16(19)13-10-11(8-9-18-13)12-6-5-7-14(20-2)15(12)21-3/h5-7,11,13,18H,4,8-10H2,1-3H3,(H,17,19). The Morgan fingerprint density at radius 2 is 2.19 bits per heavy atom. The molecule has 1 aromatic rings. The zero-order valence-electron chi connectivity index (χ0n) is 12.9. The number of carbonyl (C=O) groups excluding carboxylic acids is 1. The first-order valence-corrected chi connectivity index (χ1v) is 7.43. The fourth-order valence-corrected chi connectivity index (χ4v) is 2.93. The van der Waals surface area contributed by atoms with Crippen LogP contribution in [0.1, 0.15) is 31.2 Å². The molecule has 0 aromatic heterocycles. The molecule has 1 fully saturated rings. The van der Waals surface area contributed by atoms with Crippen molar-refractivity contribution in [2.45, 2.75) is 31.7 Å². The van der Waals surface area contributed by atoms with Crippen molar-refractivity contribution in [2.75, 3.05) is 27.3 Å². The number of ether oxygens (including phenoxy) is 2. The van der Waals surface area contributed by atoms with E-state index in [4.69, 9.17) is 9.47 Å². The minimum absolute atomic E-state index is 0.0732. The van der Waals surface area contributed by atoms with E-state index < -0.39 is 0 Å². The second kappa shape index (κ2) is 7.31. The van der Waals surface area contributed by atoms with Gasteiger partial charge in [-0.25, -0.2) is 0 Å². The third-order valence-electron chi connectivity index (χ3n) is 3.94. The molecule has 0 bridgehead atoms. The van der Waals surface area contributed by atoms with E-state index in [-0.39, 0.29) is 11.9 Å². The van der Waals surface area contributed by atoms with Crippen LogP contribution in [0.4, 0.5) is 0 Å². The van der Waals surface area contributed by atoms with E-state index in [9.17, 15) is 4.79 Å². The van der Waals surface area contributed by atoms with Crippen molar-refractivity contribution < 1.29 is 14.3 Å². The van der Waals surface area contributed by atoms with Gasteiger partial charge in [0.1, 0.15) is 0 Å². The van der Waals surface area contributed by atoms with Crippen molar-refractivity contribution in [2.24, 2.45) is 0 Å². The molecule has 5 nitrogen and oxygen atoms in total. The van der Waals surface area contributed by atoms with Crippen molar-refractivity contribution in [3.05, 3.63) is 23.8 Å². The Hall–Kier alpha value is -1.75. The first kappa shape index (κ1) is 15.6. The molecule has 0 aliphatic carbocycles. The molecule has 21 heavy (non-hydrogen) atoms. The molecule has 0 saturated carbocycles. The summed E-state index contributed by atoms with van der Waals surface area (Å²) in [6, 6.07) is 5.79. The highest BCUT2D eigenvalue weighted by Gasteiger charge is 2.29. The SMILES string of the molecule is CCNC(=O)C1CC(c2cccc(OC)c2OC)CCN1. The van der Waals surface area contributed by atoms with E-state index in [1.54, 1.807) is 14.2 Å². The van der Waals surface area contributed by atoms with Crippen LogP contribution in [0, 0.1) is 0 Å². The van der Waals surface area contributed by atoms with Gasteiger partial charge in [0.25, 0.3) is 0 Å². The van der Waals surface area contributed by atoms with Gasteiger partial charge in [-0.3, -0.25) is 4.79 Å². The Bertz CT molecular complexity index is 490. The minimum Gasteiger partial charge on any atom is -0.493 e. The maximum atomic E-state index is 12.0. The zero-order chi connectivity index (χ0) is 15.2. The van der Waals surface area contributed by atoms with Crippen LogP contribution in [-0.2, 0) is 4.79 Å². The molecule has 2 rings (SSSR count). The van der Waals surface area contributed by atoms with Gasteiger partial charge in [0.15, 0.2) is 11.5 Å². The second-order valence-electron chi connectivity index (χ2n) is 5.21. The van der Waals surface area contributed by atoms with E-state index in [1.165, 1.54) is 0 Å². The van der Waals surface area contributed by atoms with Gasteiger partial charge in [-0.15, -0.1) is 0 Å². The van der Waals surface area contributed by atoms with Crippen molar-refractivity contribution in [3.63, 3.8) is 0 Å². The van der Waals surface area contributed by atoms with Gasteiger partial charge in [0, 0.05) is 12.1 Å². The number of nitrogens with one attached hydrogen (secondary N) is 2. The lowest BCUT2D eigenvalue weighted by molar-refractivity contribution is -0.123. The summed E-state index contributed by atoms with van der Waals surface area (Å²) in [5, 5.41) is 6.17. The summed E-state index contributed by atoms with van der Waals surface area (Å²) in [6.45, 7) is 3.42. The zero-order valence-corrected chi connectivity index (χ0v) is 12.9. The first-order valence-electron chi connectivity index (χ1n) is 7.43. The number of piperidine rings is 1. The quantitative estimate of drug-likeness (QED) is 0.867. The maximum absolute atomic E-state index is 12.0. The van der Waals surface area contributed by atoms with Crippen LogP contribution < -0.4 is 20.1 Å². The highest BCUT2D eigenvalue weighted by atomic mass is 16.5. The van der Waals surface area contributed by atoms with E-state index in [0.717, 1.165) is 36.4 Å². The molecule has 1 aliphatic rings. The van der Waals surface area contributed by atoms with Gasteiger partial charge in [-0.2, -0.15) is 0 Å². The molecule has 0 spiro atoms. The molecule has 116 valence electrons. The molecule has 1 aromatic carbocycles. The highest BCUT2D eigenvalue weighted by molar-refractivity contribution is 5.81. The molecule has 2 unspecified atom stereocenters. The normalized spacial score (nSPS) is 21.7. The summed E-state index contributed by atoms with van der Waals surface area (Å²) in [5.41, 5.74) is 1.12. The monoisotopic (exact) mass is 292 g/mol. The van der Waals surface area contributed by atoms with Crippen molar-refractivity contribution >= 4 is 5.91 Å². The summed E-state index contributed by atoms with van der Waals surface area (Å²) in [4.78, 5) is 12.0. The van der Waals surface area contributed by atoms with Crippen LogP contribution in [0.5, 0.6) is 11.5 Å². The molecule has 0 radical (unpaired) electrons. The number of hydrogen-bond acceptors (Lipinski definition) is 4. The van der Waals surface area contributed by atoms with Crippen LogP contribution in [0.25, 0.3) is 0 Å². The van der Waals surface area contributed by atoms with Crippen LogP contribution in [-0.4, -0.2) is 39.3 Å². The highest BCUT2D eigenvalue weighted by Crippen LogP contribution is 2.39. The molecule has 1 aliphatic heterocycles. The molecule has 5 heteroatoms. The third kappa shape index (κ3) is 3.47. The molecule has 1 amide bonds. The summed E-state index contributed by atoms with van der Waals surface area (Å²) < 4.78 is 10.9. The average molecular weight is 292 g/mol. The number of para-hydroxylation sites is 1. The van der Waals surface area contributed by atoms with Crippen molar-refractivity contribution in [3.8, 4) is 11.5 Å². The predicted molar refractivity (Wildman–Crippen MR) is 82.0 cm³/mol. The Labute approximate surface area is 126 Å². The molecular formula is C16H24N2O3. The largest absolute Gasteiger partial charge is 0.493 e. The van der Waals surface area contributed by atoms with E-state index in [2.05, 4.69) is 16.7 Å². The fourth-order valence-electron chi connectivity index (χ4n) is 2.93. The van der Waals surface area contributed by atoms with E-state index in [1.807, 2.05) is 19.1 Å². The lowest BCUT2D eigenvalue weighted by Crippen LogP contribution is -2.48. The first-order chi connectivity index (χ1) is 10.2. The number of carbonyl (C=O) groups is 1. The van der Waals surface area contributed by atoms with Crippen LogP contribution in [0.15, 0.2) is 18.2 Å². The smallest absolute Gasteiger partial charge is 0.237 e. The van der Waals surface area contributed by atoms with E-state index in [0.29, 0.717) is 12.5 Å². The molecule has 2 N–H and O–H groups in total. The van der Waals surface area contributed by atoms with Gasteiger partial charge in [0.05, 0.1) is 20.3 Å². The molecule has 1 saturated heterocycles. The fraction of sp³-hybridized carbons (Fsp3) is 0.562. The summed E-state index contributed by atoms with van der Waals surface area (Å²) in [6.07, 6.45) is 1.76. The van der Waals surface area contributed by atoms with Crippen LogP contribution in [0.3, 0.4) is 0 Å². The molecule has 1 heterocycles. The molecular weight excluding hydrogens is 268 g/mol. The van der Waals surface area contributed by atoms with Gasteiger partial charge in [-0.05, 0) is 38.3 Å². The van der Waals surface area contributed by atoms with Gasteiger partial charge < -0.3 is 20.1 Å². The average Bonchev–Trinajstić information content (AvgIpc) is 2.54. The Morgan fingerprint density at radius 3 is 2.86 bits per heavy atom. The second-order valence-corrected chi connectivity index (χ2v) is 5.21. The predicted octanol–water partition coefficient (Wildman–Crippen LogP) is 1.68.